The molecule has 1 amide bonds. The number of hydrogen-bond donors (Lipinski definition) is 1. The van der Waals surface area contributed by atoms with Crippen molar-refractivity contribution in [1.82, 2.24) is 14.5 Å². The molecule has 2 aromatic heterocycles. The topological polar surface area (TPSA) is 59.8 Å². The number of amides is 1. The second kappa shape index (κ2) is 9.13. The zero-order valence-corrected chi connectivity index (χ0v) is 17.9. The number of nitrogens with one attached hydrogen (secondary N) is 1. The van der Waals surface area contributed by atoms with Crippen LogP contribution in [0.25, 0.3) is 11.0 Å². The second-order valence-corrected chi connectivity index (χ2v) is 8.16. The Balaban J connectivity index is 1.54. The summed E-state index contributed by atoms with van der Waals surface area (Å²) in [7, 11) is 0. The van der Waals surface area contributed by atoms with E-state index in [-0.39, 0.29) is 12.5 Å². The average molecular weight is 417 g/mol. The molecule has 0 aliphatic carbocycles. The molecule has 30 heavy (non-hydrogen) atoms. The molecular weight excluding hydrogens is 392 g/mol. The predicted molar refractivity (Wildman–Crippen MR) is 123 cm³/mol. The molecule has 6 heteroatoms. The van der Waals surface area contributed by atoms with Crippen molar-refractivity contribution >= 4 is 34.4 Å². The summed E-state index contributed by atoms with van der Waals surface area (Å²) in [6.07, 6.45) is 4.43. The predicted octanol–water partition coefficient (Wildman–Crippen LogP) is 5.23. The number of aryl methyl sites for hydroxylation is 2. The van der Waals surface area contributed by atoms with Crippen molar-refractivity contribution in [2.45, 2.75) is 37.7 Å². The van der Waals surface area contributed by atoms with Gasteiger partial charge in [0.25, 0.3) is 0 Å². The third-order valence-electron chi connectivity index (χ3n) is 4.92. The van der Waals surface area contributed by atoms with Gasteiger partial charge in [-0.05, 0) is 42.7 Å². The number of carbonyl (C=O) groups excluding carboxylic acids is 1. The summed E-state index contributed by atoms with van der Waals surface area (Å²) in [5.74, 6) is 0.709. The fourth-order valence-corrected chi connectivity index (χ4v) is 4.23. The minimum Gasteiger partial charge on any atom is -0.325 e. The van der Waals surface area contributed by atoms with Gasteiger partial charge in [0.1, 0.15) is 6.54 Å². The van der Waals surface area contributed by atoms with Gasteiger partial charge < -0.3 is 9.88 Å². The van der Waals surface area contributed by atoms with Gasteiger partial charge in [0, 0.05) is 17.6 Å². The zero-order valence-electron chi connectivity index (χ0n) is 17.1. The number of carbonyl (C=O) groups is 1. The Bertz CT molecular complexity index is 1170. The lowest BCUT2D eigenvalue weighted by molar-refractivity contribution is -0.116. The van der Waals surface area contributed by atoms with Gasteiger partial charge in [-0.15, -0.1) is 0 Å². The molecule has 0 atom stereocenters. The van der Waals surface area contributed by atoms with Gasteiger partial charge in [-0.1, -0.05) is 60.6 Å². The number of hydrogen-bond acceptors (Lipinski definition) is 4. The Morgan fingerprint density at radius 2 is 1.93 bits per heavy atom. The van der Waals surface area contributed by atoms with E-state index in [1.807, 2.05) is 28.8 Å². The van der Waals surface area contributed by atoms with Gasteiger partial charge in [-0.3, -0.25) is 9.78 Å². The molecule has 4 aromatic rings. The molecule has 0 unspecified atom stereocenters. The van der Waals surface area contributed by atoms with E-state index in [9.17, 15) is 4.79 Å². The van der Waals surface area contributed by atoms with Crippen molar-refractivity contribution in [3.63, 3.8) is 0 Å². The van der Waals surface area contributed by atoms with Crippen LogP contribution in [0.15, 0.2) is 72.1 Å². The lowest BCUT2D eigenvalue weighted by atomic mass is 10.1. The van der Waals surface area contributed by atoms with Crippen LogP contribution < -0.4 is 5.32 Å². The number of pyridine rings is 1. The van der Waals surface area contributed by atoms with Gasteiger partial charge in [0.2, 0.25) is 5.91 Å². The lowest BCUT2D eigenvalue weighted by Crippen LogP contribution is -2.19. The van der Waals surface area contributed by atoms with E-state index in [0.29, 0.717) is 0 Å². The highest BCUT2D eigenvalue weighted by atomic mass is 32.2. The minimum absolute atomic E-state index is 0.0800. The van der Waals surface area contributed by atoms with Crippen molar-refractivity contribution in [1.29, 1.82) is 0 Å². The second-order valence-electron chi connectivity index (χ2n) is 7.22. The number of thioether (sulfide) groups is 1. The Morgan fingerprint density at radius 3 is 2.73 bits per heavy atom. The Labute approximate surface area is 180 Å². The SMILES string of the molecule is CCc1cccc(NC(=O)Cn2c(SCc3ccc(C)cc3)nc3ccncc32)c1. The molecule has 0 bridgehead atoms. The van der Waals surface area contributed by atoms with E-state index in [1.165, 1.54) is 16.7 Å². The fourth-order valence-electron chi connectivity index (χ4n) is 3.26. The molecule has 1 N–H and O–H groups in total. The summed E-state index contributed by atoms with van der Waals surface area (Å²) < 4.78 is 1.94. The molecule has 152 valence electrons. The highest BCUT2D eigenvalue weighted by Crippen LogP contribution is 2.26. The Hall–Kier alpha value is -3.12. The zero-order chi connectivity index (χ0) is 20.9. The highest BCUT2D eigenvalue weighted by molar-refractivity contribution is 7.98. The standard InChI is InChI=1S/C24H24N4OS/c1-3-18-5-4-6-20(13-18)26-23(29)15-28-22-14-25-12-11-21(22)27-24(28)30-16-19-9-7-17(2)8-10-19/h4-14H,3,15-16H2,1-2H3,(H,26,29). The molecule has 0 saturated carbocycles. The van der Waals surface area contributed by atoms with Gasteiger partial charge in [0.05, 0.1) is 17.2 Å². The number of rotatable bonds is 7. The normalized spacial score (nSPS) is 11.0. The van der Waals surface area contributed by atoms with Gasteiger partial charge in [0.15, 0.2) is 5.16 Å². The van der Waals surface area contributed by atoms with E-state index >= 15 is 0 Å². The fraction of sp³-hybridized carbons (Fsp3) is 0.208. The first-order chi connectivity index (χ1) is 14.6. The largest absolute Gasteiger partial charge is 0.325 e. The van der Waals surface area contributed by atoms with Crippen LogP contribution in [0.2, 0.25) is 0 Å². The first kappa shape index (κ1) is 20.2. The van der Waals surface area contributed by atoms with Gasteiger partial charge in [-0.25, -0.2) is 4.98 Å². The summed E-state index contributed by atoms with van der Waals surface area (Å²) in [4.78, 5) is 21.8. The Morgan fingerprint density at radius 1 is 1.10 bits per heavy atom. The van der Waals surface area contributed by atoms with Crippen molar-refractivity contribution in [3.8, 4) is 0 Å². The third kappa shape index (κ3) is 4.71. The molecule has 0 saturated heterocycles. The summed E-state index contributed by atoms with van der Waals surface area (Å²) in [5.41, 5.74) is 6.18. The van der Waals surface area contributed by atoms with Crippen LogP contribution in [-0.4, -0.2) is 20.4 Å². The maximum absolute atomic E-state index is 12.8. The maximum Gasteiger partial charge on any atom is 0.244 e. The van der Waals surface area contributed by atoms with E-state index in [2.05, 4.69) is 54.5 Å². The molecule has 0 spiro atoms. The molecule has 4 rings (SSSR count). The monoisotopic (exact) mass is 416 g/mol. The van der Waals surface area contributed by atoms with Gasteiger partial charge in [-0.2, -0.15) is 0 Å². The number of anilines is 1. The molecule has 0 aliphatic rings. The smallest absolute Gasteiger partial charge is 0.244 e. The minimum atomic E-state index is -0.0800. The summed E-state index contributed by atoms with van der Waals surface area (Å²) in [5, 5.41) is 3.83. The number of benzene rings is 2. The van der Waals surface area contributed by atoms with Crippen LogP contribution in [0.5, 0.6) is 0 Å². The Kier molecular flexibility index (Phi) is 6.14. The summed E-state index contributed by atoms with van der Waals surface area (Å²) in [6, 6.07) is 18.3. The van der Waals surface area contributed by atoms with Crippen LogP contribution in [0.4, 0.5) is 5.69 Å². The third-order valence-corrected chi connectivity index (χ3v) is 5.97. The summed E-state index contributed by atoms with van der Waals surface area (Å²) >= 11 is 1.63. The average Bonchev–Trinajstić information content (AvgIpc) is 3.11. The van der Waals surface area contributed by atoms with Crippen molar-refractivity contribution in [2.24, 2.45) is 0 Å². The number of aromatic nitrogens is 3. The van der Waals surface area contributed by atoms with Crippen LogP contribution in [0.1, 0.15) is 23.6 Å². The lowest BCUT2D eigenvalue weighted by Gasteiger charge is -2.10. The van der Waals surface area contributed by atoms with Gasteiger partial charge >= 0.3 is 0 Å². The number of imidazole rings is 1. The van der Waals surface area contributed by atoms with Crippen molar-refractivity contribution < 1.29 is 4.79 Å². The molecule has 0 aliphatic heterocycles. The van der Waals surface area contributed by atoms with Crippen LogP contribution >= 0.6 is 11.8 Å². The molecule has 5 nitrogen and oxygen atoms in total. The van der Waals surface area contributed by atoms with Crippen molar-refractivity contribution in [3.05, 3.63) is 83.7 Å². The molecule has 2 heterocycles. The van der Waals surface area contributed by atoms with E-state index in [0.717, 1.165) is 34.1 Å². The number of fused-ring (bicyclic) bond motifs is 1. The molecular formula is C24H24N4OS. The number of nitrogens with zero attached hydrogens (tertiary/aromatic N) is 3. The molecule has 0 fully saturated rings. The first-order valence-corrected chi connectivity index (χ1v) is 11.0. The molecule has 2 aromatic carbocycles. The first-order valence-electron chi connectivity index (χ1n) is 10.00. The van der Waals surface area contributed by atoms with E-state index < -0.39 is 0 Å². The van der Waals surface area contributed by atoms with Crippen LogP contribution in [0, 0.1) is 6.92 Å². The summed E-state index contributed by atoms with van der Waals surface area (Å²) in [6.45, 7) is 4.37. The van der Waals surface area contributed by atoms with Crippen LogP contribution in [0.3, 0.4) is 0 Å². The molecule has 0 radical (unpaired) electrons. The van der Waals surface area contributed by atoms with Crippen molar-refractivity contribution in [2.75, 3.05) is 5.32 Å². The van der Waals surface area contributed by atoms with E-state index in [4.69, 9.17) is 4.98 Å². The van der Waals surface area contributed by atoms with E-state index in [1.54, 1.807) is 24.2 Å². The van der Waals surface area contributed by atoms with Crippen LogP contribution in [-0.2, 0) is 23.5 Å². The quantitative estimate of drug-likeness (QED) is 0.419. The highest BCUT2D eigenvalue weighted by Gasteiger charge is 2.15. The maximum atomic E-state index is 12.8.